The molecule has 0 saturated carbocycles. The highest BCUT2D eigenvalue weighted by atomic mass is 35.5. The maximum Gasteiger partial charge on any atom is 0.235 e. The first-order chi connectivity index (χ1) is 10.7. The lowest BCUT2D eigenvalue weighted by Crippen LogP contribution is -1.94. The van der Waals surface area contributed by atoms with Gasteiger partial charge in [0.15, 0.2) is 16.6 Å². The molecular formula is C13H6ClFN6S. The Balaban J connectivity index is 1.90. The highest BCUT2D eigenvalue weighted by Gasteiger charge is 2.18. The zero-order valence-corrected chi connectivity index (χ0v) is 12.4. The predicted octanol–water partition coefficient (Wildman–Crippen LogP) is 3.10. The van der Waals surface area contributed by atoms with Crippen LogP contribution < -0.4 is 0 Å². The molecule has 4 rings (SSSR count). The standard InChI is InChI=1S/C13H6ClFN6S/c14-8-3-1-2-7(10(8)15)11-18-19-13-21(11)20-12(22-13)9-6-16-4-5-17-9/h1-6H. The number of hydrogen-bond donors (Lipinski definition) is 0. The first-order valence-corrected chi connectivity index (χ1v) is 7.36. The van der Waals surface area contributed by atoms with Gasteiger partial charge in [-0.25, -0.2) is 4.39 Å². The Morgan fingerprint density at radius 3 is 2.91 bits per heavy atom. The number of aromatic nitrogens is 6. The molecule has 0 amide bonds. The molecular weight excluding hydrogens is 327 g/mol. The third kappa shape index (κ3) is 2.04. The molecule has 0 aliphatic carbocycles. The number of nitrogens with zero attached hydrogens (tertiary/aromatic N) is 6. The van der Waals surface area contributed by atoms with Gasteiger partial charge in [0, 0.05) is 12.4 Å². The second-order valence-electron chi connectivity index (χ2n) is 4.32. The average Bonchev–Trinajstić information content (AvgIpc) is 3.12. The highest BCUT2D eigenvalue weighted by molar-refractivity contribution is 7.19. The second-order valence-corrected chi connectivity index (χ2v) is 5.68. The fourth-order valence-electron chi connectivity index (χ4n) is 1.97. The van der Waals surface area contributed by atoms with Gasteiger partial charge in [0.05, 0.1) is 16.8 Å². The summed E-state index contributed by atoms with van der Waals surface area (Å²) in [6.45, 7) is 0. The van der Waals surface area contributed by atoms with Crippen LogP contribution in [0, 0.1) is 5.82 Å². The highest BCUT2D eigenvalue weighted by Crippen LogP contribution is 2.29. The molecule has 0 aliphatic rings. The Labute approximate surface area is 132 Å². The third-order valence-electron chi connectivity index (χ3n) is 2.97. The molecule has 1 aromatic carbocycles. The maximum atomic E-state index is 14.2. The molecule has 3 aromatic heterocycles. The summed E-state index contributed by atoms with van der Waals surface area (Å²) in [7, 11) is 0. The Bertz CT molecular complexity index is 967. The fourth-order valence-corrected chi connectivity index (χ4v) is 2.95. The molecule has 0 spiro atoms. The first kappa shape index (κ1) is 13.2. The van der Waals surface area contributed by atoms with Crippen LogP contribution in [-0.4, -0.2) is 29.8 Å². The van der Waals surface area contributed by atoms with Gasteiger partial charge in [-0.15, -0.1) is 10.2 Å². The lowest BCUT2D eigenvalue weighted by molar-refractivity contribution is 0.629. The SMILES string of the molecule is Fc1c(Cl)cccc1-c1nnc2sc(-c3cnccn3)nn12. The summed E-state index contributed by atoms with van der Waals surface area (Å²) in [5, 5.41) is 13.1. The van der Waals surface area contributed by atoms with Crippen molar-refractivity contribution in [3.8, 4) is 22.1 Å². The quantitative estimate of drug-likeness (QED) is 0.564. The molecule has 22 heavy (non-hydrogen) atoms. The lowest BCUT2D eigenvalue weighted by atomic mass is 10.2. The molecule has 0 bridgehead atoms. The summed E-state index contributed by atoms with van der Waals surface area (Å²) in [5.41, 5.74) is 0.867. The smallest absolute Gasteiger partial charge is 0.235 e. The summed E-state index contributed by atoms with van der Waals surface area (Å²) in [4.78, 5) is 8.73. The largest absolute Gasteiger partial charge is 0.261 e. The summed E-state index contributed by atoms with van der Waals surface area (Å²) in [6, 6.07) is 4.71. The number of fused-ring (bicyclic) bond motifs is 1. The van der Waals surface area contributed by atoms with Gasteiger partial charge in [0.2, 0.25) is 4.96 Å². The minimum absolute atomic E-state index is 0.0265. The number of hydrogen-bond acceptors (Lipinski definition) is 6. The van der Waals surface area contributed by atoms with Crippen molar-refractivity contribution in [2.75, 3.05) is 0 Å². The molecule has 0 unspecified atom stereocenters. The second kappa shape index (κ2) is 5.08. The normalized spacial score (nSPS) is 11.2. The van der Waals surface area contributed by atoms with Crippen LogP contribution in [0.1, 0.15) is 0 Å². The molecule has 108 valence electrons. The van der Waals surface area contributed by atoms with Crippen LogP contribution in [0.3, 0.4) is 0 Å². The van der Waals surface area contributed by atoms with E-state index < -0.39 is 5.82 Å². The van der Waals surface area contributed by atoms with Crippen LogP contribution in [0.15, 0.2) is 36.8 Å². The third-order valence-corrected chi connectivity index (χ3v) is 4.18. The molecule has 0 fully saturated rings. The maximum absolute atomic E-state index is 14.2. The van der Waals surface area contributed by atoms with Crippen molar-refractivity contribution in [1.82, 2.24) is 29.8 Å². The van der Waals surface area contributed by atoms with Crippen LogP contribution in [0.4, 0.5) is 4.39 Å². The minimum Gasteiger partial charge on any atom is -0.261 e. The lowest BCUT2D eigenvalue weighted by Gasteiger charge is -2.00. The number of rotatable bonds is 2. The van der Waals surface area contributed by atoms with Gasteiger partial charge >= 0.3 is 0 Å². The predicted molar refractivity (Wildman–Crippen MR) is 80.1 cm³/mol. The average molecular weight is 333 g/mol. The topological polar surface area (TPSA) is 68.9 Å². The van der Waals surface area contributed by atoms with Gasteiger partial charge in [-0.05, 0) is 12.1 Å². The van der Waals surface area contributed by atoms with Crippen molar-refractivity contribution in [2.24, 2.45) is 0 Å². The molecule has 0 aliphatic heterocycles. The van der Waals surface area contributed by atoms with Gasteiger partial charge in [-0.2, -0.15) is 9.61 Å². The van der Waals surface area contributed by atoms with Crippen molar-refractivity contribution in [2.45, 2.75) is 0 Å². The van der Waals surface area contributed by atoms with E-state index in [2.05, 4.69) is 25.3 Å². The monoisotopic (exact) mass is 332 g/mol. The Kier molecular flexibility index (Phi) is 3.05. The van der Waals surface area contributed by atoms with E-state index in [9.17, 15) is 4.39 Å². The Hall–Kier alpha value is -2.45. The van der Waals surface area contributed by atoms with E-state index in [1.54, 1.807) is 30.7 Å². The van der Waals surface area contributed by atoms with Gasteiger partial charge in [-0.3, -0.25) is 9.97 Å². The van der Waals surface area contributed by atoms with Crippen molar-refractivity contribution >= 4 is 27.9 Å². The van der Waals surface area contributed by atoms with Crippen molar-refractivity contribution in [3.63, 3.8) is 0 Å². The van der Waals surface area contributed by atoms with E-state index in [1.165, 1.54) is 21.9 Å². The van der Waals surface area contributed by atoms with E-state index in [4.69, 9.17) is 11.6 Å². The number of halogens is 2. The molecule has 3 heterocycles. The van der Waals surface area contributed by atoms with Crippen molar-refractivity contribution in [3.05, 3.63) is 47.6 Å². The molecule has 4 aromatic rings. The van der Waals surface area contributed by atoms with Gasteiger partial charge in [0.1, 0.15) is 5.69 Å². The van der Waals surface area contributed by atoms with E-state index in [0.29, 0.717) is 21.5 Å². The zero-order chi connectivity index (χ0) is 15.1. The summed E-state index contributed by atoms with van der Waals surface area (Å²) in [6.07, 6.45) is 4.76. The van der Waals surface area contributed by atoms with Crippen molar-refractivity contribution < 1.29 is 4.39 Å². The van der Waals surface area contributed by atoms with Crippen LogP contribution >= 0.6 is 22.9 Å². The van der Waals surface area contributed by atoms with Crippen LogP contribution in [0.2, 0.25) is 5.02 Å². The zero-order valence-electron chi connectivity index (χ0n) is 10.8. The molecule has 0 saturated heterocycles. The Morgan fingerprint density at radius 1 is 1.18 bits per heavy atom. The minimum atomic E-state index is -0.549. The molecule has 9 heteroatoms. The van der Waals surface area contributed by atoms with Crippen LogP contribution in [0.25, 0.3) is 27.1 Å². The van der Waals surface area contributed by atoms with E-state index >= 15 is 0 Å². The van der Waals surface area contributed by atoms with Crippen LogP contribution in [0.5, 0.6) is 0 Å². The van der Waals surface area contributed by atoms with E-state index in [-0.39, 0.29) is 10.6 Å². The van der Waals surface area contributed by atoms with E-state index in [1.807, 2.05) is 0 Å². The molecule has 0 atom stereocenters. The van der Waals surface area contributed by atoms with Crippen molar-refractivity contribution in [1.29, 1.82) is 0 Å². The summed E-state index contributed by atoms with van der Waals surface area (Å²) in [5.74, 6) is -0.256. The molecule has 0 N–H and O–H groups in total. The van der Waals surface area contributed by atoms with Gasteiger partial charge in [-0.1, -0.05) is 29.0 Å². The number of benzene rings is 1. The van der Waals surface area contributed by atoms with E-state index in [0.717, 1.165) is 0 Å². The fraction of sp³-hybridized carbons (Fsp3) is 0. The summed E-state index contributed by atoms with van der Waals surface area (Å²) >= 11 is 7.11. The Morgan fingerprint density at radius 2 is 2.09 bits per heavy atom. The first-order valence-electron chi connectivity index (χ1n) is 6.17. The molecule has 6 nitrogen and oxygen atoms in total. The summed E-state index contributed by atoms with van der Waals surface area (Å²) < 4.78 is 15.6. The van der Waals surface area contributed by atoms with Gasteiger partial charge < -0.3 is 0 Å². The van der Waals surface area contributed by atoms with Crippen LogP contribution in [-0.2, 0) is 0 Å². The molecule has 0 radical (unpaired) electrons. The van der Waals surface area contributed by atoms with Gasteiger partial charge in [0.25, 0.3) is 0 Å².